The molecule has 0 radical (unpaired) electrons. The molecule has 1 aliphatic carbocycles. The molecule has 7 heteroatoms. The topological polar surface area (TPSA) is 64.6 Å². The molecule has 4 fully saturated rings. The Balaban J connectivity index is 1.21. The number of rotatable bonds is 10. The van der Waals surface area contributed by atoms with Crippen LogP contribution in [0.1, 0.15) is 16.7 Å². The van der Waals surface area contributed by atoms with Crippen molar-refractivity contribution in [2.24, 2.45) is 0 Å². The molecule has 4 bridgehead atoms. The molecule has 3 unspecified atom stereocenters. The molecule has 3 saturated heterocycles. The van der Waals surface area contributed by atoms with Gasteiger partial charge in [0.15, 0.2) is 0 Å². The van der Waals surface area contributed by atoms with Gasteiger partial charge >= 0.3 is 0 Å². The first-order valence-electron chi connectivity index (χ1n) is 12.3. The summed E-state index contributed by atoms with van der Waals surface area (Å²) in [5.41, 5.74) is 3.20. The van der Waals surface area contributed by atoms with Crippen molar-refractivity contribution >= 4 is 0 Å². The van der Waals surface area contributed by atoms with Crippen LogP contribution in [0.3, 0.4) is 0 Å². The normalized spacial score (nSPS) is 30.4. The van der Waals surface area contributed by atoms with E-state index in [9.17, 15) is 0 Å². The standard InChI is InChI=1S/C29H30O7/c1-30-22-14-12-21(13-15-22)18-33-25-27-23(31-16-19-8-4-2-5-9-19)26-24(28(25)36-29(34-26)35-27)32-17-20-10-6-3-7-11-20/h2-15,23-29H,16-18H2,1H3/t23-,24-,25?,26?,27-,28+,29?/m0/s1. The molecule has 3 aromatic rings. The highest BCUT2D eigenvalue weighted by atomic mass is 16.9. The van der Waals surface area contributed by atoms with E-state index in [2.05, 4.69) is 0 Å². The lowest BCUT2D eigenvalue weighted by Crippen LogP contribution is -2.76. The number of benzene rings is 3. The molecule has 188 valence electrons. The molecule has 0 N–H and O–H groups in total. The van der Waals surface area contributed by atoms with Crippen molar-refractivity contribution in [1.82, 2.24) is 0 Å². The summed E-state index contributed by atoms with van der Waals surface area (Å²) in [6, 6.07) is 28.0. The first-order chi connectivity index (χ1) is 17.8. The zero-order chi connectivity index (χ0) is 24.3. The lowest BCUT2D eigenvalue weighted by Gasteiger charge is -2.58. The fourth-order valence-electron chi connectivity index (χ4n) is 5.08. The zero-order valence-electron chi connectivity index (χ0n) is 20.1. The summed E-state index contributed by atoms with van der Waals surface area (Å²) in [5, 5.41) is 0. The molecule has 3 heterocycles. The average molecular weight is 491 g/mol. The first-order valence-corrected chi connectivity index (χ1v) is 12.3. The minimum Gasteiger partial charge on any atom is -0.497 e. The lowest BCUT2D eigenvalue weighted by molar-refractivity contribution is -0.490. The maximum absolute atomic E-state index is 6.44. The Bertz CT molecular complexity index is 1050. The van der Waals surface area contributed by atoms with E-state index in [0.29, 0.717) is 19.8 Å². The smallest absolute Gasteiger partial charge is 0.272 e. The van der Waals surface area contributed by atoms with Crippen LogP contribution in [0, 0.1) is 0 Å². The number of ether oxygens (including phenoxy) is 7. The van der Waals surface area contributed by atoms with Crippen LogP contribution in [0.15, 0.2) is 84.9 Å². The molecule has 7 rings (SSSR count). The van der Waals surface area contributed by atoms with E-state index in [1.165, 1.54) is 0 Å². The van der Waals surface area contributed by atoms with Crippen molar-refractivity contribution in [1.29, 1.82) is 0 Å². The van der Waals surface area contributed by atoms with Gasteiger partial charge in [0.05, 0.1) is 26.9 Å². The van der Waals surface area contributed by atoms with Gasteiger partial charge in [-0.1, -0.05) is 72.8 Å². The summed E-state index contributed by atoms with van der Waals surface area (Å²) in [6.07, 6.45) is -2.06. The van der Waals surface area contributed by atoms with Crippen LogP contribution in [0.2, 0.25) is 0 Å². The number of hydrogen-bond acceptors (Lipinski definition) is 7. The predicted molar refractivity (Wildman–Crippen MR) is 130 cm³/mol. The SMILES string of the molecule is COc1ccc(COC2[C@H]3OC4OC([C@@H]3OCc3ccccc3)[C@H](OCc3ccccc3)[C@H]2O4)cc1. The van der Waals surface area contributed by atoms with Gasteiger partial charge in [0.2, 0.25) is 0 Å². The van der Waals surface area contributed by atoms with Crippen molar-refractivity contribution in [3.8, 4) is 5.75 Å². The Morgan fingerprint density at radius 3 is 1.31 bits per heavy atom. The van der Waals surface area contributed by atoms with Gasteiger partial charge in [0.25, 0.3) is 6.48 Å². The van der Waals surface area contributed by atoms with Crippen molar-refractivity contribution in [2.45, 2.75) is 62.9 Å². The summed E-state index contributed by atoms with van der Waals surface area (Å²) < 4.78 is 42.8. The van der Waals surface area contributed by atoms with E-state index in [0.717, 1.165) is 22.4 Å². The minimum atomic E-state index is -0.737. The van der Waals surface area contributed by atoms with Gasteiger partial charge in [-0.15, -0.1) is 0 Å². The van der Waals surface area contributed by atoms with E-state index >= 15 is 0 Å². The van der Waals surface area contributed by atoms with E-state index in [-0.39, 0.29) is 36.6 Å². The Labute approximate surface area is 210 Å². The van der Waals surface area contributed by atoms with Crippen molar-refractivity contribution in [2.75, 3.05) is 7.11 Å². The molecule has 0 spiro atoms. The van der Waals surface area contributed by atoms with Crippen molar-refractivity contribution < 1.29 is 33.2 Å². The van der Waals surface area contributed by atoms with Crippen LogP contribution in [-0.4, -0.2) is 50.2 Å². The van der Waals surface area contributed by atoms with E-state index in [4.69, 9.17) is 33.2 Å². The fourth-order valence-corrected chi connectivity index (χ4v) is 5.08. The quantitative estimate of drug-likeness (QED) is 0.421. The van der Waals surface area contributed by atoms with Crippen LogP contribution >= 0.6 is 0 Å². The van der Waals surface area contributed by atoms with Gasteiger partial charge in [-0.25, -0.2) is 0 Å². The molecular formula is C29H30O7. The fraction of sp³-hybridized carbons (Fsp3) is 0.379. The minimum absolute atomic E-state index is 0.319. The largest absolute Gasteiger partial charge is 0.497 e. The highest BCUT2D eigenvalue weighted by Gasteiger charge is 2.63. The maximum atomic E-state index is 6.44. The Kier molecular flexibility index (Phi) is 7.01. The van der Waals surface area contributed by atoms with Gasteiger partial charge in [0.1, 0.15) is 42.4 Å². The van der Waals surface area contributed by atoms with Gasteiger partial charge in [0, 0.05) is 0 Å². The average Bonchev–Trinajstić information content (AvgIpc) is 2.93. The van der Waals surface area contributed by atoms with Gasteiger partial charge in [-0.2, -0.15) is 0 Å². The molecule has 0 aromatic heterocycles. The van der Waals surface area contributed by atoms with Crippen molar-refractivity contribution in [3.63, 3.8) is 0 Å². The molecule has 0 amide bonds. The van der Waals surface area contributed by atoms with Gasteiger partial charge < -0.3 is 33.2 Å². The predicted octanol–water partition coefficient (Wildman–Crippen LogP) is 4.23. The molecule has 3 aliphatic heterocycles. The highest BCUT2D eigenvalue weighted by Crippen LogP contribution is 2.44. The molecule has 3 aromatic carbocycles. The Morgan fingerprint density at radius 1 is 0.528 bits per heavy atom. The van der Waals surface area contributed by atoms with Crippen LogP contribution in [0.5, 0.6) is 5.75 Å². The molecule has 7 nitrogen and oxygen atoms in total. The third-order valence-corrected chi connectivity index (χ3v) is 6.92. The third kappa shape index (κ3) is 4.91. The van der Waals surface area contributed by atoms with Crippen LogP contribution < -0.4 is 4.74 Å². The lowest BCUT2D eigenvalue weighted by atomic mass is 9.82. The summed E-state index contributed by atoms with van der Waals surface area (Å²) in [6.45, 7) is 0.552. The Hall–Kier alpha value is -2.78. The van der Waals surface area contributed by atoms with Gasteiger partial charge in [-0.05, 0) is 28.8 Å². The Morgan fingerprint density at radius 2 is 0.917 bits per heavy atom. The second-order valence-electron chi connectivity index (χ2n) is 9.24. The zero-order valence-corrected chi connectivity index (χ0v) is 20.1. The molecule has 7 atom stereocenters. The molecule has 1 saturated carbocycles. The first kappa shape index (κ1) is 23.6. The molecular weight excluding hydrogens is 460 g/mol. The molecule has 36 heavy (non-hydrogen) atoms. The second-order valence-corrected chi connectivity index (χ2v) is 9.24. The summed E-state index contributed by atoms with van der Waals surface area (Å²) >= 11 is 0. The van der Waals surface area contributed by atoms with Crippen LogP contribution in [0.4, 0.5) is 0 Å². The maximum Gasteiger partial charge on any atom is 0.272 e. The highest BCUT2D eigenvalue weighted by molar-refractivity contribution is 5.26. The second kappa shape index (κ2) is 10.7. The van der Waals surface area contributed by atoms with Crippen LogP contribution in [0.25, 0.3) is 0 Å². The number of hydrogen-bond donors (Lipinski definition) is 0. The van der Waals surface area contributed by atoms with Gasteiger partial charge in [-0.3, -0.25) is 0 Å². The summed E-state index contributed by atoms with van der Waals surface area (Å²) in [7, 11) is 1.65. The monoisotopic (exact) mass is 490 g/mol. The summed E-state index contributed by atoms with van der Waals surface area (Å²) in [5.74, 6) is 0.806. The van der Waals surface area contributed by atoms with Crippen LogP contribution in [-0.2, 0) is 48.2 Å². The number of methoxy groups -OCH3 is 1. The third-order valence-electron chi connectivity index (χ3n) is 6.92. The van der Waals surface area contributed by atoms with E-state index in [1.54, 1.807) is 7.11 Å². The van der Waals surface area contributed by atoms with E-state index < -0.39 is 6.48 Å². The van der Waals surface area contributed by atoms with Crippen molar-refractivity contribution in [3.05, 3.63) is 102 Å². The van der Waals surface area contributed by atoms with E-state index in [1.807, 2.05) is 84.9 Å². The molecule has 4 aliphatic rings. The summed E-state index contributed by atoms with van der Waals surface area (Å²) in [4.78, 5) is 0.